The van der Waals surface area contributed by atoms with Crippen LogP contribution in [-0.2, 0) is 27.2 Å². The highest BCUT2D eigenvalue weighted by atomic mass is 19.2. The van der Waals surface area contributed by atoms with Gasteiger partial charge in [0.25, 0.3) is 0 Å². The molecule has 214 valence electrons. The molecule has 0 spiro atoms. The van der Waals surface area contributed by atoms with Crippen LogP contribution in [0.2, 0.25) is 0 Å². The molecule has 0 fully saturated rings. The zero-order valence-electron chi connectivity index (χ0n) is 23.4. The molecule has 0 unspecified atom stereocenters. The Morgan fingerprint density at radius 3 is 2.08 bits per heavy atom. The van der Waals surface area contributed by atoms with Crippen LogP contribution in [-0.4, -0.2) is 40.3 Å². The lowest BCUT2D eigenvalue weighted by Gasteiger charge is -2.28. The molecule has 3 rings (SSSR count). The number of nitrogens with two attached hydrogens (primary N) is 1. The van der Waals surface area contributed by atoms with E-state index in [2.05, 4.69) is 10.3 Å². The molecule has 40 heavy (non-hydrogen) atoms. The van der Waals surface area contributed by atoms with Crippen molar-refractivity contribution >= 4 is 34.7 Å². The number of carbonyl (C=O) groups excluding carboxylic acids is 3. The molecule has 11 heteroatoms. The van der Waals surface area contributed by atoms with E-state index in [-0.39, 0.29) is 18.8 Å². The number of nitrogens with one attached hydrogen (secondary N) is 1. The molecule has 1 aromatic heterocycles. The molecule has 0 saturated carbocycles. The lowest BCUT2D eigenvalue weighted by Crippen LogP contribution is -2.44. The van der Waals surface area contributed by atoms with Crippen molar-refractivity contribution in [3.63, 3.8) is 0 Å². The molecule has 3 N–H and O–H groups in total. The zero-order valence-corrected chi connectivity index (χ0v) is 23.4. The molecule has 2 aromatic carbocycles. The summed E-state index contributed by atoms with van der Waals surface area (Å²) in [5.74, 6) is -2.42. The monoisotopic (exact) mass is 556 g/mol. The maximum atomic E-state index is 13.5. The molecule has 1 atom stereocenters. The Morgan fingerprint density at radius 1 is 0.900 bits per heavy atom. The van der Waals surface area contributed by atoms with E-state index in [1.807, 2.05) is 0 Å². The number of imide groups is 1. The number of benzene rings is 2. The predicted molar refractivity (Wildman–Crippen MR) is 147 cm³/mol. The Bertz CT molecular complexity index is 1390. The van der Waals surface area contributed by atoms with Crippen LogP contribution in [0.15, 0.2) is 48.7 Å². The summed E-state index contributed by atoms with van der Waals surface area (Å²) in [6.07, 6.45) is -0.401. The van der Waals surface area contributed by atoms with Crippen molar-refractivity contribution in [2.45, 2.75) is 71.8 Å². The van der Waals surface area contributed by atoms with Crippen LogP contribution in [0.1, 0.15) is 52.7 Å². The largest absolute Gasteiger partial charge is 0.443 e. The molecule has 3 amide bonds. The van der Waals surface area contributed by atoms with Crippen molar-refractivity contribution in [1.29, 1.82) is 0 Å². The van der Waals surface area contributed by atoms with Crippen molar-refractivity contribution in [3.05, 3.63) is 71.4 Å². The summed E-state index contributed by atoms with van der Waals surface area (Å²) in [6, 6.07) is 9.23. The van der Waals surface area contributed by atoms with Gasteiger partial charge in [0.2, 0.25) is 5.91 Å². The standard InChI is InChI=1S/C29H34F2N4O5/c1-28(2,3)39-26(37)35(27(38)40-29(4,5)6)24-20-9-7-18(13-19(20)11-12-33-24)16-34-25(36)23(32)15-17-8-10-21(30)22(31)14-17/h7-14,23H,15-16,32H2,1-6H3,(H,34,36)/t23-/m0/s1. The van der Waals surface area contributed by atoms with Gasteiger partial charge in [0, 0.05) is 18.1 Å². The molecular formula is C29H34F2N4O5. The van der Waals surface area contributed by atoms with Crippen LogP contribution in [0, 0.1) is 11.6 Å². The number of anilines is 1. The van der Waals surface area contributed by atoms with E-state index in [9.17, 15) is 23.2 Å². The van der Waals surface area contributed by atoms with Gasteiger partial charge in [-0.05, 0) is 88.7 Å². The highest BCUT2D eigenvalue weighted by Gasteiger charge is 2.34. The molecule has 0 radical (unpaired) electrons. The summed E-state index contributed by atoms with van der Waals surface area (Å²) in [7, 11) is 0. The summed E-state index contributed by atoms with van der Waals surface area (Å²) in [4.78, 5) is 43.7. The first-order chi connectivity index (χ1) is 18.5. The number of pyridine rings is 1. The first-order valence-electron chi connectivity index (χ1n) is 12.6. The number of halogens is 2. The Hall–Kier alpha value is -4.12. The van der Waals surface area contributed by atoms with E-state index in [4.69, 9.17) is 15.2 Å². The normalized spacial score (nSPS) is 12.5. The predicted octanol–water partition coefficient (Wildman–Crippen LogP) is 5.38. The second-order valence-electron chi connectivity index (χ2n) is 11.3. The van der Waals surface area contributed by atoms with Crippen LogP contribution in [0.4, 0.5) is 24.2 Å². The molecular weight excluding hydrogens is 522 g/mol. The fraction of sp³-hybridized carbons (Fsp3) is 0.379. The first kappa shape index (κ1) is 30.4. The van der Waals surface area contributed by atoms with Gasteiger partial charge < -0.3 is 20.5 Å². The summed E-state index contributed by atoms with van der Waals surface area (Å²) < 4.78 is 37.5. The summed E-state index contributed by atoms with van der Waals surface area (Å²) in [5.41, 5.74) is 5.31. The quantitative estimate of drug-likeness (QED) is 0.418. The molecule has 0 saturated heterocycles. The van der Waals surface area contributed by atoms with E-state index in [1.54, 1.807) is 65.8 Å². The van der Waals surface area contributed by atoms with E-state index < -0.39 is 47.0 Å². The Kier molecular flexibility index (Phi) is 9.09. The average molecular weight is 557 g/mol. The fourth-order valence-electron chi connectivity index (χ4n) is 3.70. The zero-order chi connectivity index (χ0) is 29.8. The molecule has 3 aromatic rings. The number of nitrogens with zero attached hydrogens (tertiary/aromatic N) is 2. The topological polar surface area (TPSA) is 124 Å². The van der Waals surface area contributed by atoms with Gasteiger partial charge >= 0.3 is 12.2 Å². The van der Waals surface area contributed by atoms with Gasteiger partial charge in [-0.2, -0.15) is 4.90 Å². The van der Waals surface area contributed by atoms with Gasteiger partial charge in [-0.3, -0.25) is 4.79 Å². The van der Waals surface area contributed by atoms with E-state index in [0.717, 1.165) is 17.0 Å². The number of hydrogen-bond acceptors (Lipinski definition) is 7. The van der Waals surface area contributed by atoms with Crippen LogP contribution in [0.3, 0.4) is 0 Å². The minimum absolute atomic E-state index is 0.0287. The average Bonchev–Trinajstić information content (AvgIpc) is 2.82. The Labute approximate surface area is 231 Å². The highest BCUT2D eigenvalue weighted by molar-refractivity contribution is 6.13. The lowest BCUT2D eigenvalue weighted by molar-refractivity contribution is -0.122. The van der Waals surface area contributed by atoms with Crippen molar-refractivity contribution in [3.8, 4) is 0 Å². The van der Waals surface area contributed by atoms with Crippen LogP contribution >= 0.6 is 0 Å². The van der Waals surface area contributed by atoms with Crippen LogP contribution in [0.5, 0.6) is 0 Å². The number of hydrogen-bond donors (Lipinski definition) is 2. The van der Waals surface area contributed by atoms with Gasteiger partial charge in [0.15, 0.2) is 17.5 Å². The number of ether oxygens (including phenoxy) is 2. The number of carbonyl (C=O) groups is 3. The lowest BCUT2D eigenvalue weighted by atomic mass is 10.1. The third kappa shape index (κ3) is 8.19. The maximum Gasteiger partial charge on any atom is 0.425 e. The first-order valence-corrected chi connectivity index (χ1v) is 12.6. The molecule has 1 heterocycles. The molecule has 0 aliphatic rings. The third-order valence-electron chi connectivity index (χ3n) is 5.41. The van der Waals surface area contributed by atoms with Gasteiger partial charge in [0.1, 0.15) is 11.2 Å². The van der Waals surface area contributed by atoms with E-state index in [0.29, 0.717) is 21.9 Å². The maximum absolute atomic E-state index is 13.5. The Balaban J connectivity index is 1.81. The minimum Gasteiger partial charge on any atom is -0.443 e. The molecule has 0 aliphatic carbocycles. The van der Waals surface area contributed by atoms with Crippen LogP contribution < -0.4 is 16.0 Å². The Morgan fingerprint density at radius 2 is 1.50 bits per heavy atom. The van der Waals surface area contributed by atoms with Gasteiger partial charge in [-0.25, -0.2) is 23.4 Å². The molecule has 0 bridgehead atoms. The number of amides is 3. The van der Waals surface area contributed by atoms with Crippen LogP contribution in [0.25, 0.3) is 10.8 Å². The number of aromatic nitrogens is 1. The third-order valence-corrected chi connectivity index (χ3v) is 5.41. The highest BCUT2D eigenvalue weighted by Crippen LogP contribution is 2.28. The SMILES string of the molecule is CC(C)(C)OC(=O)N(C(=O)OC(C)(C)C)c1nccc2cc(CNC(=O)[C@@H](N)Cc3ccc(F)c(F)c3)ccc12. The molecule has 9 nitrogen and oxygen atoms in total. The summed E-state index contributed by atoms with van der Waals surface area (Å²) >= 11 is 0. The van der Waals surface area contributed by atoms with Gasteiger partial charge in [0.05, 0.1) is 6.04 Å². The number of fused-ring (bicyclic) bond motifs is 1. The summed E-state index contributed by atoms with van der Waals surface area (Å²) in [6.45, 7) is 10.2. The van der Waals surface area contributed by atoms with Crippen molar-refractivity contribution in [2.24, 2.45) is 5.73 Å². The smallest absolute Gasteiger partial charge is 0.425 e. The second kappa shape index (κ2) is 12.0. The van der Waals surface area contributed by atoms with E-state index >= 15 is 0 Å². The number of rotatable bonds is 6. The van der Waals surface area contributed by atoms with Gasteiger partial charge in [-0.1, -0.05) is 18.2 Å². The summed E-state index contributed by atoms with van der Waals surface area (Å²) in [5, 5.41) is 3.84. The van der Waals surface area contributed by atoms with Crippen molar-refractivity contribution < 1.29 is 32.6 Å². The van der Waals surface area contributed by atoms with Gasteiger partial charge in [-0.15, -0.1) is 0 Å². The van der Waals surface area contributed by atoms with E-state index in [1.165, 1.54) is 12.3 Å². The second-order valence-corrected chi connectivity index (χ2v) is 11.3. The van der Waals surface area contributed by atoms with Crippen molar-refractivity contribution in [2.75, 3.05) is 4.90 Å². The minimum atomic E-state index is -1.01. The van der Waals surface area contributed by atoms with Crippen molar-refractivity contribution in [1.82, 2.24) is 10.3 Å². The molecule has 0 aliphatic heterocycles. The fourth-order valence-corrected chi connectivity index (χ4v) is 3.70.